The third-order valence-electron chi connectivity index (χ3n) is 5.39. The van der Waals surface area contributed by atoms with Crippen LogP contribution in [0.5, 0.6) is 11.5 Å². The average molecular weight is 440 g/mol. The van der Waals surface area contributed by atoms with Crippen molar-refractivity contribution in [2.75, 3.05) is 37.2 Å². The Kier molecular flexibility index (Phi) is 5.06. The molecule has 4 heterocycles. The number of ether oxygens (including phenoxy) is 3. The van der Waals surface area contributed by atoms with Gasteiger partial charge in [0.2, 0.25) is 12.7 Å². The Labute approximate surface area is 181 Å². The van der Waals surface area contributed by atoms with Gasteiger partial charge < -0.3 is 24.4 Å². The minimum absolute atomic E-state index is 0.0714. The van der Waals surface area contributed by atoms with Crippen LogP contribution < -0.4 is 19.7 Å². The van der Waals surface area contributed by atoms with Crippen LogP contribution in [0.3, 0.4) is 0 Å². The number of amides is 1. The average Bonchev–Trinajstić information content (AvgIpc) is 3.44. The summed E-state index contributed by atoms with van der Waals surface area (Å²) >= 11 is 1.52. The van der Waals surface area contributed by atoms with Crippen LogP contribution in [0, 0.1) is 5.92 Å². The Morgan fingerprint density at radius 3 is 2.94 bits per heavy atom. The van der Waals surface area contributed by atoms with Crippen molar-refractivity contribution in [3.8, 4) is 11.5 Å². The summed E-state index contributed by atoms with van der Waals surface area (Å²) in [6, 6.07) is 6.93. The maximum atomic E-state index is 13.1. The first-order valence-corrected chi connectivity index (χ1v) is 10.7. The van der Waals surface area contributed by atoms with E-state index in [4.69, 9.17) is 14.2 Å². The molecule has 9 nitrogen and oxygen atoms in total. The molecule has 2 aromatic heterocycles. The number of nitrogens with one attached hydrogen (secondary N) is 1. The fourth-order valence-electron chi connectivity index (χ4n) is 3.82. The molecular weight excluding hydrogens is 420 g/mol. The van der Waals surface area contributed by atoms with Gasteiger partial charge in [-0.15, -0.1) is 0 Å². The summed E-state index contributed by atoms with van der Waals surface area (Å²) in [5, 5.41) is 3.76. The number of aromatic nitrogens is 2. The van der Waals surface area contributed by atoms with E-state index in [2.05, 4.69) is 20.2 Å². The first kappa shape index (κ1) is 19.6. The zero-order valence-electron chi connectivity index (χ0n) is 16.8. The molecule has 2 aliphatic heterocycles. The summed E-state index contributed by atoms with van der Waals surface area (Å²) in [4.78, 5) is 37.3. The van der Waals surface area contributed by atoms with Crippen molar-refractivity contribution in [3.05, 3.63) is 36.0 Å². The number of hydrogen-bond donors (Lipinski definition) is 1. The van der Waals surface area contributed by atoms with Crippen LogP contribution in [0.25, 0.3) is 10.3 Å². The number of carbonyl (C=O) groups excluding carboxylic acids is 2. The van der Waals surface area contributed by atoms with Crippen LogP contribution >= 0.6 is 11.3 Å². The molecule has 0 spiro atoms. The van der Waals surface area contributed by atoms with E-state index in [0.29, 0.717) is 23.7 Å². The number of methoxy groups -OCH3 is 1. The van der Waals surface area contributed by atoms with Crippen molar-refractivity contribution in [3.63, 3.8) is 0 Å². The van der Waals surface area contributed by atoms with Gasteiger partial charge in [0.1, 0.15) is 10.3 Å². The highest BCUT2D eigenvalue weighted by atomic mass is 32.1. The number of rotatable bonds is 4. The zero-order valence-corrected chi connectivity index (χ0v) is 17.6. The fourth-order valence-corrected chi connectivity index (χ4v) is 4.76. The maximum absolute atomic E-state index is 13.1. The van der Waals surface area contributed by atoms with Gasteiger partial charge in [-0.3, -0.25) is 4.79 Å². The van der Waals surface area contributed by atoms with E-state index in [1.54, 1.807) is 12.3 Å². The van der Waals surface area contributed by atoms with Gasteiger partial charge in [0.25, 0.3) is 0 Å². The number of anilines is 2. The summed E-state index contributed by atoms with van der Waals surface area (Å²) in [6.45, 7) is 1.45. The van der Waals surface area contributed by atoms with Crippen LogP contribution in [0.1, 0.15) is 23.2 Å². The van der Waals surface area contributed by atoms with Gasteiger partial charge in [0, 0.05) is 31.4 Å². The summed E-state index contributed by atoms with van der Waals surface area (Å²) in [6.07, 6.45) is 3.37. The predicted molar refractivity (Wildman–Crippen MR) is 115 cm³/mol. The second-order valence-electron chi connectivity index (χ2n) is 7.34. The number of fused-ring (bicyclic) bond motifs is 2. The highest BCUT2D eigenvalue weighted by Crippen LogP contribution is 2.38. The molecule has 10 heteroatoms. The van der Waals surface area contributed by atoms with E-state index >= 15 is 0 Å². The van der Waals surface area contributed by atoms with Gasteiger partial charge in [-0.2, -0.15) is 0 Å². The molecule has 0 unspecified atom stereocenters. The minimum atomic E-state index is -0.555. The number of nitrogens with zero attached hydrogens (tertiary/aromatic N) is 3. The minimum Gasteiger partial charge on any atom is -0.465 e. The van der Waals surface area contributed by atoms with Gasteiger partial charge in [-0.05, 0) is 25.0 Å². The van der Waals surface area contributed by atoms with Gasteiger partial charge >= 0.3 is 5.97 Å². The SMILES string of the molecule is COC(=O)c1cc2c(cc1NC(=O)[C@H]1CCCN(c3nc4cccnc4s3)C1)OCO2. The Balaban J connectivity index is 1.35. The van der Waals surface area contributed by atoms with Crippen molar-refractivity contribution in [1.29, 1.82) is 0 Å². The third kappa shape index (κ3) is 3.74. The number of benzene rings is 1. The van der Waals surface area contributed by atoms with Crippen molar-refractivity contribution in [2.45, 2.75) is 12.8 Å². The molecule has 2 aliphatic rings. The van der Waals surface area contributed by atoms with Gasteiger partial charge in [0.15, 0.2) is 16.6 Å². The molecule has 1 fully saturated rings. The smallest absolute Gasteiger partial charge is 0.340 e. The molecule has 1 saturated heterocycles. The number of thiazole rings is 1. The van der Waals surface area contributed by atoms with E-state index in [0.717, 1.165) is 34.9 Å². The lowest BCUT2D eigenvalue weighted by molar-refractivity contribution is -0.120. The molecule has 3 aromatic rings. The van der Waals surface area contributed by atoms with Crippen LogP contribution in [0.2, 0.25) is 0 Å². The molecule has 0 bridgehead atoms. The van der Waals surface area contributed by atoms with Crippen LogP contribution in [0.15, 0.2) is 30.5 Å². The van der Waals surface area contributed by atoms with E-state index < -0.39 is 5.97 Å². The molecule has 1 aromatic carbocycles. The molecule has 31 heavy (non-hydrogen) atoms. The van der Waals surface area contributed by atoms with Crippen molar-refractivity contribution < 1.29 is 23.8 Å². The molecule has 5 rings (SSSR count). The number of pyridine rings is 1. The van der Waals surface area contributed by atoms with Crippen LogP contribution in [0.4, 0.5) is 10.8 Å². The summed E-state index contributed by atoms with van der Waals surface area (Å²) < 4.78 is 15.6. The molecule has 160 valence electrons. The van der Waals surface area contributed by atoms with Crippen molar-refractivity contribution in [2.24, 2.45) is 5.92 Å². The largest absolute Gasteiger partial charge is 0.465 e. The second kappa shape index (κ2) is 8.03. The summed E-state index contributed by atoms with van der Waals surface area (Å²) in [5.41, 5.74) is 1.43. The monoisotopic (exact) mass is 440 g/mol. The van der Waals surface area contributed by atoms with Crippen molar-refractivity contribution >= 4 is 44.4 Å². The quantitative estimate of drug-likeness (QED) is 0.618. The van der Waals surface area contributed by atoms with Crippen LogP contribution in [-0.2, 0) is 9.53 Å². The molecule has 1 amide bonds. The Bertz CT molecular complexity index is 1130. The zero-order chi connectivity index (χ0) is 21.4. The number of esters is 1. The highest BCUT2D eigenvalue weighted by molar-refractivity contribution is 7.21. The standard InChI is InChI=1S/C21H20N4O5S/c1-28-20(27)13-8-16-17(30-11-29-16)9-15(13)23-18(26)12-4-3-7-25(10-12)21-24-14-5-2-6-22-19(14)31-21/h2,5-6,8-9,12H,3-4,7,10-11H2,1H3,(H,23,26)/t12-/m0/s1. The highest BCUT2D eigenvalue weighted by Gasteiger charge is 2.29. The molecule has 0 radical (unpaired) electrons. The van der Waals surface area contributed by atoms with Gasteiger partial charge in [0.05, 0.1) is 24.3 Å². The van der Waals surface area contributed by atoms with Gasteiger partial charge in [-0.25, -0.2) is 14.8 Å². The second-order valence-corrected chi connectivity index (χ2v) is 8.30. The Hall–Kier alpha value is -3.40. The van der Waals surface area contributed by atoms with E-state index in [1.165, 1.54) is 24.5 Å². The lowest BCUT2D eigenvalue weighted by atomic mass is 9.97. The van der Waals surface area contributed by atoms with E-state index in [1.807, 2.05) is 12.1 Å². The Morgan fingerprint density at radius 2 is 2.13 bits per heavy atom. The summed E-state index contributed by atoms with van der Waals surface area (Å²) in [5.74, 6) is -0.0275. The van der Waals surface area contributed by atoms with E-state index in [9.17, 15) is 9.59 Å². The number of hydrogen-bond acceptors (Lipinski definition) is 9. The molecule has 1 N–H and O–H groups in total. The maximum Gasteiger partial charge on any atom is 0.340 e. The van der Waals surface area contributed by atoms with Gasteiger partial charge in [-0.1, -0.05) is 11.3 Å². The fraction of sp³-hybridized carbons (Fsp3) is 0.333. The lowest BCUT2D eigenvalue weighted by Gasteiger charge is -2.31. The first-order chi connectivity index (χ1) is 15.1. The van der Waals surface area contributed by atoms with E-state index in [-0.39, 0.29) is 24.2 Å². The predicted octanol–water partition coefficient (Wildman–Crippen LogP) is 3.06. The van der Waals surface area contributed by atoms with Crippen LogP contribution in [-0.4, -0.2) is 48.8 Å². The Morgan fingerprint density at radius 1 is 1.29 bits per heavy atom. The first-order valence-electron chi connectivity index (χ1n) is 9.91. The number of carbonyl (C=O) groups is 2. The molecule has 1 atom stereocenters. The lowest BCUT2D eigenvalue weighted by Crippen LogP contribution is -2.40. The topological polar surface area (TPSA) is 103 Å². The molecule has 0 aliphatic carbocycles. The summed E-state index contributed by atoms with van der Waals surface area (Å²) in [7, 11) is 1.30. The molecule has 0 saturated carbocycles. The normalized spacial score (nSPS) is 17.6. The number of piperidine rings is 1. The third-order valence-corrected chi connectivity index (χ3v) is 6.43. The molecular formula is C21H20N4O5S. The van der Waals surface area contributed by atoms with Crippen molar-refractivity contribution in [1.82, 2.24) is 9.97 Å².